The largest absolute Gasteiger partial charge is 0.514 e. The number of benzene rings is 1. The number of sulfonamides is 1. The molecule has 1 saturated heterocycles. The summed E-state index contributed by atoms with van der Waals surface area (Å²) in [6.45, 7) is 7.13. The molecule has 1 aliphatic heterocycles. The van der Waals surface area contributed by atoms with E-state index in [-0.39, 0.29) is 28.0 Å². The Hall–Kier alpha value is -1.10. The zero-order valence-electron chi connectivity index (χ0n) is 14.9. The Morgan fingerprint density at radius 1 is 1.31 bits per heavy atom. The van der Waals surface area contributed by atoms with E-state index in [4.69, 9.17) is 0 Å². The molecule has 1 aromatic carbocycles. The predicted molar refractivity (Wildman–Crippen MR) is 95.2 cm³/mol. The van der Waals surface area contributed by atoms with E-state index in [0.717, 1.165) is 6.07 Å². The van der Waals surface area contributed by atoms with Crippen LogP contribution in [0.2, 0.25) is 0 Å². The van der Waals surface area contributed by atoms with E-state index in [1.165, 1.54) is 0 Å². The highest BCUT2D eigenvalue weighted by Gasteiger charge is 2.58. The van der Waals surface area contributed by atoms with Gasteiger partial charge in [0.05, 0.1) is 16.6 Å². The van der Waals surface area contributed by atoms with Crippen molar-refractivity contribution >= 4 is 32.0 Å². The summed E-state index contributed by atoms with van der Waals surface area (Å²) in [7, 11) is -4.28. The van der Waals surface area contributed by atoms with Crippen molar-refractivity contribution in [3.8, 4) is 0 Å². The van der Waals surface area contributed by atoms with Crippen molar-refractivity contribution in [3.63, 3.8) is 0 Å². The van der Waals surface area contributed by atoms with Gasteiger partial charge in [-0.25, -0.2) is 26.4 Å². The van der Waals surface area contributed by atoms with Gasteiger partial charge in [-0.1, -0.05) is 0 Å². The third-order valence-corrected chi connectivity index (χ3v) is 7.15. The molecule has 0 spiro atoms. The molecule has 0 aromatic heterocycles. The van der Waals surface area contributed by atoms with Crippen molar-refractivity contribution in [2.24, 2.45) is 0 Å². The maximum atomic E-state index is 14.0. The fourth-order valence-electron chi connectivity index (χ4n) is 3.76. The second kappa shape index (κ2) is 6.81. The lowest BCUT2D eigenvalue weighted by molar-refractivity contribution is -0.913. The molecule has 1 aromatic rings. The summed E-state index contributed by atoms with van der Waals surface area (Å²) in [6.07, 6.45) is -0.755. The topological polar surface area (TPSA) is 83.5 Å². The molecule has 0 radical (unpaired) electrons. The van der Waals surface area contributed by atoms with Gasteiger partial charge in [0.2, 0.25) is 10.0 Å². The minimum absolute atomic E-state index is 0.0310. The van der Waals surface area contributed by atoms with Crippen LogP contribution in [0.3, 0.4) is 0 Å². The standard InChI is InChI=1S/C16H21BrF2N2O4S/c1-9-5-10(8-21(9,15(22)23)16(2,3)4)20-26(24,25)14-6-11(17)12(18)7-13(14)19/h6-7,9-10,20H,5,8H2,1-4H3/p+1/t9-,10+,21?/m0/s1. The fourth-order valence-corrected chi connectivity index (χ4v) is 5.58. The lowest BCUT2D eigenvalue weighted by Gasteiger charge is -2.43. The van der Waals surface area contributed by atoms with Gasteiger partial charge < -0.3 is 5.11 Å². The molecule has 0 saturated carbocycles. The number of rotatable bonds is 3. The van der Waals surface area contributed by atoms with Crippen LogP contribution < -0.4 is 4.72 Å². The fraction of sp³-hybridized carbons (Fsp3) is 0.562. The van der Waals surface area contributed by atoms with Crippen LogP contribution in [-0.4, -0.2) is 48.3 Å². The van der Waals surface area contributed by atoms with Crippen molar-refractivity contribution in [3.05, 3.63) is 28.2 Å². The van der Waals surface area contributed by atoms with Gasteiger partial charge in [-0.2, -0.15) is 4.79 Å². The first-order chi connectivity index (χ1) is 11.7. The van der Waals surface area contributed by atoms with Gasteiger partial charge in [-0.15, -0.1) is 0 Å². The van der Waals surface area contributed by atoms with E-state index in [1.807, 2.05) is 0 Å². The molecular weight excluding hydrogens is 434 g/mol. The number of carboxylic acid groups (broad SMARTS) is 1. The van der Waals surface area contributed by atoms with Crippen molar-refractivity contribution in [2.75, 3.05) is 6.54 Å². The molecule has 2 N–H and O–H groups in total. The van der Waals surface area contributed by atoms with Crippen molar-refractivity contribution in [1.82, 2.24) is 4.72 Å². The molecular formula is C16H22BrF2N2O4S+. The molecule has 1 heterocycles. The molecule has 6 nitrogen and oxygen atoms in total. The summed E-state index contributed by atoms with van der Waals surface area (Å²) in [6, 6.07) is 0.315. The van der Waals surface area contributed by atoms with Gasteiger partial charge in [0, 0.05) is 12.5 Å². The van der Waals surface area contributed by atoms with Crippen LogP contribution in [0.5, 0.6) is 0 Å². The van der Waals surface area contributed by atoms with Crippen LogP contribution in [0.25, 0.3) is 0 Å². The Morgan fingerprint density at radius 3 is 2.35 bits per heavy atom. The molecule has 2 rings (SSSR count). The Labute approximate surface area is 160 Å². The minimum Gasteiger partial charge on any atom is -0.435 e. The average Bonchev–Trinajstić information content (AvgIpc) is 2.79. The van der Waals surface area contributed by atoms with Crippen LogP contribution >= 0.6 is 15.9 Å². The van der Waals surface area contributed by atoms with Gasteiger partial charge in [0.25, 0.3) is 0 Å². The third-order valence-electron chi connectivity index (χ3n) is 5.01. The highest BCUT2D eigenvalue weighted by molar-refractivity contribution is 9.10. The first kappa shape index (κ1) is 21.2. The maximum absolute atomic E-state index is 14.0. The highest BCUT2D eigenvalue weighted by atomic mass is 79.9. The summed E-state index contributed by atoms with van der Waals surface area (Å²) in [4.78, 5) is 11.3. The van der Waals surface area contributed by atoms with Crippen molar-refractivity contribution in [2.45, 2.75) is 56.6 Å². The van der Waals surface area contributed by atoms with Gasteiger partial charge >= 0.3 is 6.09 Å². The Morgan fingerprint density at radius 2 is 1.88 bits per heavy atom. The van der Waals surface area contributed by atoms with Crippen LogP contribution in [-0.2, 0) is 10.0 Å². The first-order valence-electron chi connectivity index (χ1n) is 8.00. The summed E-state index contributed by atoms with van der Waals surface area (Å²) < 4.78 is 54.3. The second-order valence-electron chi connectivity index (χ2n) is 7.60. The molecule has 3 atom stereocenters. The van der Waals surface area contributed by atoms with Crippen molar-refractivity contribution < 1.29 is 31.6 Å². The lowest BCUT2D eigenvalue weighted by atomic mass is 10.0. The number of quaternary nitrogens is 1. The SMILES string of the molecule is C[C@H]1C[C@@H](NS(=O)(=O)c2cc(Br)c(F)cc2F)C[N+]1(C(=O)O)C(C)(C)C. The summed E-state index contributed by atoms with van der Waals surface area (Å²) in [5.41, 5.74) is -0.657. The Kier molecular flexibility index (Phi) is 5.55. The molecule has 26 heavy (non-hydrogen) atoms. The number of nitrogens with one attached hydrogen (secondary N) is 1. The van der Waals surface area contributed by atoms with Crippen LogP contribution in [0.15, 0.2) is 21.5 Å². The third kappa shape index (κ3) is 3.51. The van der Waals surface area contributed by atoms with Crippen LogP contribution in [0, 0.1) is 11.6 Å². The van der Waals surface area contributed by atoms with Gasteiger partial charge in [-0.05, 0) is 49.7 Å². The van der Waals surface area contributed by atoms with E-state index in [0.29, 0.717) is 6.07 Å². The quantitative estimate of drug-likeness (QED) is 0.539. The molecule has 1 aliphatic rings. The lowest BCUT2D eigenvalue weighted by Crippen LogP contribution is -2.65. The van der Waals surface area contributed by atoms with Crippen molar-refractivity contribution in [1.29, 1.82) is 0 Å². The average molecular weight is 456 g/mol. The zero-order chi connectivity index (χ0) is 20.1. The van der Waals surface area contributed by atoms with Gasteiger partial charge in [0.1, 0.15) is 28.6 Å². The van der Waals surface area contributed by atoms with Gasteiger partial charge in [0.15, 0.2) is 0 Å². The normalized spacial score (nSPS) is 26.9. The number of hydrogen-bond acceptors (Lipinski definition) is 3. The number of nitrogens with zero attached hydrogens (tertiary/aromatic N) is 1. The van der Waals surface area contributed by atoms with Gasteiger partial charge in [-0.3, -0.25) is 0 Å². The first-order valence-corrected chi connectivity index (χ1v) is 10.3. The van der Waals surface area contributed by atoms with Crippen LogP contribution in [0.1, 0.15) is 34.1 Å². The van der Waals surface area contributed by atoms with E-state index in [9.17, 15) is 27.1 Å². The highest BCUT2D eigenvalue weighted by Crippen LogP contribution is 2.37. The molecule has 10 heteroatoms. The van der Waals surface area contributed by atoms with E-state index >= 15 is 0 Å². The molecule has 1 amide bonds. The summed E-state index contributed by atoms with van der Waals surface area (Å²) in [5.74, 6) is -2.12. The smallest absolute Gasteiger partial charge is 0.435 e. The van der Waals surface area contributed by atoms with Crippen LogP contribution in [0.4, 0.5) is 13.6 Å². The predicted octanol–water partition coefficient (Wildman–Crippen LogP) is 3.46. The number of likely N-dealkylation sites (tertiary alicyclic amines) is 1. The Balaban J connectivity index is 2.35. The van der Waals surface area contributed by atoms with E-state index in [1.54, 1.807) is 27.7 Å². The monoisotopic (exact) mass is 455 g/mol. The van der Waals surface area contributed by atoms with E-state index in [2.05, 4.69) is 20.7 Å². The maximum Gasteiger partial charge on any atom is 0.514 e. The summed E-state index contributed by atoms with van der Waals surface area (Å²) >= 11 is 2.84. The zero-order valence-corrected chi connectivity index (χ0v) is 17.3. The molecule has 0 bridgehead atoms. The number of carbonyl (C=O) groups is 1. The number of amides is 1. The molecule has 1 fully saturated rings. The number of hydrogen-bond donors (Lipinski definition) is 2. The summed E-state index contributed by atoms with van der Waals surface area (Å²) in [5, 5.41) is 9.80. The second-order valence-corrected chi connectivity index (χ2v) is 10.1. The number of halogens is 3. The Bertz CT molecular complexity index is 841. The molecule has 0 aliphatic carbocycles. The van der Waals surface area contributed by atoms with E-state index < -0.39 is 44.2 Å². The minimum atomic E-state index is -4.28. The molecule has 146 valence electrons. The molecule has 1 unspecified atom stereocenters.